The van der Waals surface area contributed by atoms with Gasteiger partial charge in [-0.25, -0.2) is 13.1 Å². The summed E-state index contributed by atoms with van der Waals surface area (Å²) >= 11 is 0. The largest absolute Gasteiger partial charge is 0.494 e. The molecule has 3 N–H and O–H groups in total. The smallest absolute Gasteiger partial charge is 0.209 e. The van der Waals surface area contributed by atoms with Crippen LogP contribution in [0, 0.1) is 0 Å². The van der Waals surface area contributed by atoms with Crippen LogP contribution < -0.4 is 20.1 Å². The molecule has 0 fully saturated rings. The van der Waals surface area contributed by atoms with Crippen LogP contribution in [-0.4, -0.2) is 52.4 Å². The molecule has 0 aromatic heterocycles. The zero-order valence-corrected chi connectivity index (χ0v) is 18.5. The molecule has 0 saturated heterocycles. The van der Waals surface area contributed by atoms with Gasteiger partial charge in [-0.1, -0.05) is 30.3 Å². The van der Waals surface area contributed by atoms with E-state index >= 15 is 0 Å². The number of hydrogen-bond acceptors (Lipinski definition) is 4. The molecule has 0 spiro atoms. The minimum atomic E-state index is -3.28. The Kier molecular flexibility index (Phi) is 8.28. The van der Waals surface area contributed by atoms with E-state index in [9.17, 15) is 8.42 Å². The van der Waals surface area contributed by atoms with Gasteiger partial charge in [0.2, 0.25) is 10.0 Å². The average molecular weight is 421 g/mol. The summed E-state index contributed by atoms with van der Waals surface area (Å²) < 4.78 is 31.3. The number of guanidine groups is 1. The second-order valence-electron chi connectivity index (χ2n) is 7.59. The third-order valence-electron chi connectivity index (χ3n) is 4.04. The first-order valence-electron chi connectivity index (χ1n) is 9.81. The molecule has 8 heteroatoms. The molecule has 0 bridgehead atoms. The Morgan fingerprint density at radius 1 is 1.10 bits per heavy atom. The Balaban J connectivity index is 1.79. The molecule has 0 saturated carbocycles. The van der Waals surface area contributed by atoms with Crippen molar-refractivity contribution in [3.05, 3.63) is 42.5 Å². The molecule has 0 atom stereocenters. The predicted molar refractivity (Wildman–Crippen MR) is 120 cm³/mol. The molecule has 2 aromatic rings. The highest BCUT2D eigenvalue weighted by molar-refractivity contribution is 7.88. The van der Waals surface area contributed by atoms with Crippen molar-refractivity contribution in [2.75, 3.05) is 32.5 Å². The van der Waals surface area contributed by atoms with E-state index in [1.54, 1.807) is 13.8 Å². The molecule has 2 rings (SSSR count). The van der Waals surface area contributed by atoms with Crippen molar-refractivity contribution in [3.63, 3.8) is 0 Å². The molecule has 160 valence electrons. The number of nitrogens with zero attached hydrogens (tertiary/aromatic N) is 1. The van der Waals surface area contributed by atoms with Crippen molar-refractivity contribution in [2.24, 2.45) is 4.99 Å². The van der Waals surface area contributed by atoms with E-state index in [1.165, 1.54) is 5.39 Å². The Morgan fingerprint density at radius 3 is 2.52 bits per heavy atom. The van der Waals surface area contributed by atoms with Gasteiger partial charge in [-0.3, -0.25) is 4.99 Å². The number of sulfonamides is 1. The monoisotopic (exact) mass is 420 g/mol. The van der Waals surface area contributed by atoms with Gasteiger partial charge in [-0.15, -0.1) is 0 Å². The second kappa shape index (κ2) is 10.5. The van der Waals surface area contributed by atoms with Gasteiger partial charge in [0.15, 0.2) is 5.96 Å². The number of rotatable bonds is 10. The third kappa shape index (κ3) is 8.70. The van der Waals surface area contributed by atoms with Gasteiger partial charge in [0.1, 0.15) is 5.75 Å². The van der Waals surface area contributed by atoms with Gasteiger partial charge in [-0.2, -0.15) is 0 Å². The molecule has 2 aromatic carbocycles. The molecule has 0 heterocycles. The minimum absolute atomic E-state index is 0.322. The molecular formula is C21H32N4O3S. The lowest BCUT2D eigenvalue weighted by atomic mass is 10.1. The third-order valence-corrected chi connectivity index (χ3v) is 4.96. The maximum absolute atomic E-state index is 11.4. The predicted octanol–water partition coefficient (Wildman–Crippen LogP) is 2.49. The molecule has 29 heavy (non-hydrogen) atoms. The van der Waals surface area contributed by atoms with Crippen molar-refractivity contribution in [2.45, 2.75) is 32.7 Å². The maximum atomic E-state index is 11.4. The van der Waals surface area contributed by atoms with Gasteiger partial charge in [0.05, 0.1) is 19.4 Å². The maximum Gasteiger partial charge on any atom is 0.209 e. The van der Waals surface area contributed by atoms with Crippen molar-refractivity contribution in [3.8, 4) is 5.75 Å². The van der Waals surface area contributed by atoms with Crippen LogP contribution in [0.15, 0.2) is 47.5 Å². The first-order chi connectivity index (χ1) is 13.7. The molecular weight excluding hydrogens is 388 g/mol. The van der Waals surface area contributed by atoms with Crippen LogP contribution in [0.4, 0.5) is 0 Å². The molecule has 0 unspecified atom stereocenters. The van der Waals surface area contributed by atoms with Crippen LogP contribution in [0.5, 0.6) is 5.75 Å². The molecule has 0 aliphatic heterocycles. The average Bonchev–Trinajstić information content (AvgIpc) is 2.64. The highest BCUT2D eigenvalue weighted by Gasteiger charge is 2.21. The first kappa shape index (κ1) is 23.0. The normalized spacial score (nSPS) is 12.8. The zero-order chi connectivity index (χ0) is 21.3. The van der Waals surface area contributed by atoms with Gasteiger partial charge in [0, 0.05) is 18.6 Å². The Hall–Kier alpha value is -2.32. The van der Waals surface area contributed by atoms with E-state index in [-0.39, 0.29) is 0 Å². The summed E-state index contributed by atoms with van der Waals surface area (Å²) in [5.74, 6) is 1.51. The van der Waals surface area contributed by atoms with Gasteiger partial charge >= 0.3 is 0 Å². The first-order valence-corrected chi connectivity index (χ1v) is 11.7. The van der Waals surface area contributed by atoms with Crippen molar-refractivity contribution in [1.82, 2.24) is 15.4 Å². The summed E-state index contributed by atoms with van der Waals surface area (Å²) in [6, 6.07) is 14.3. The lowest BCUT2D eigenvalue weighted by molar-refractivity contribution is 0.311. The van der Waals surface area contributed by atoms with Crippen molar-refractivity contribution < 1.29 is 13.2 Å². The fourth-order valence-corrected chi connectivity index (χ4v) is 3.95. The van der Waals surface area contributed by atoms with E-state index in [0.29, 0.717) is 25.7 Å². The van der Waals surface area contributed by atoms with Crippen LogP contribution in [-0.2, 0) is 10.0 Å². The van der Waals surface area contributed by atoms with Crippen LogP contribution in [0.2, 0.25) is 0 Å². The van der Waals surface area contributed by atoms with Crippen molar-refractivity contribution in [1.29, 1.82) is 0 Å². The minimum Gasteiger partial charge on any atom is -0.494 e. The highest BCUT2D eigenvalue weighted by Crippen LogP contribution is 2.20. The van der Waals surface area contributed by atoms with E-state index in [4.69, 9.17) is 4.74 Å². The zero-order valence-electron chi connectivity index (χ0n) is 17.7. The Morgan fingerprint density at radius 2 is 1.83 bits per heavy atom. The summed E-state index contributed by atoms with van der Waals surface area (Å²) in [7, 11) is -3.28. The second-order valence-corrected chi connectivity index (χ2v) is 9.34. The number of ether oxygens (including phenoxy) is 1. The molecule has 0 amide bonds. The molecule has 0 aliphatic rings. The number of hydrogen-bond donors (Lipinski definition) is 3. The summed E-state index contributed by atoms with van der Waals surface area (Å²) in [6.45, 7) is 7.92. The number of fused-ring (bicyclic) bond motifs is 1. The Labute approximate surface area is 174 Å². The van der Waals surface area contributed by atoms with E-state index < -0.39 is 15.6 Å². The van der Waals surface area contributed by atoms with Crippen LogP contribution in [0.25, 0.3) is 10.8 Å². The molecule has 0 aliphatic carbocycles. The van der Waals surface area contributed by atoms with E-state index in [0.717, 1.165) is 30.4 Å². The highest BCUT2D eigenvalue weighted by atomic mass is 32.2. The standard InChI is InChI=1S/C21H32N4O3S/c1-5-22-20(24-16-21(2,3)25-29(4,26)27)23-13-8-14-28-19-12-11-17-9-6-7-10-18(17)15-19/h6-7,9-12,15,25H,5,8,13-14,16H2,1-4H3,(H2,22,23,24). The lowest BCUT2D eigenvalue weighted by Gasteiger charge is -2.23. The van der Waals surface area contributed by atoms with Gasteiger partial charge in [-0.05, 0) is 50.1 Å². The summed E-state index contributed by atoms with van der Waals surface area (Å²) in [6.07, 6.45) is 1.96. The Bertz CT molecular complexity index is 926. The fourth-order valence-electron chi connectivity index (χ4n) is 2.88. The lowest BCUT2D eigenvalue weighted by Crippen LogP contribution is -2.46. The van der Waals surface area contributed by atoms with Gasteiger partial charge < -0.3 is 15.4 Å². The fraction of sp³-hybridized carbons (Fsp3) is 0.476. The topological polar surface area (TPSA) is 91.8 Å². The van der Waals surface area contributed by atoms with Crippen LogP contribution >= 0.6 is 0 Å². The molecule has 7 nitrogen and oxygen atoms in total. The number of benzene rings is 2. The van der Waals surface area contributed by atoms with E-state index in [2.05, 4.69) is 38.5 Å². The SMILES string of the molecule is CCNC(=NCC(C)(C)NS(C)(=O)=O)NCCCOc1ccc2ccccc2c1. The summed E-state index contributed by atoms with van der Waals surface area (Å²) in [4.78, 5) is 4.49. The quantitative estimate of drug-likeness (QED) is 0.312. The van der Waals surface area contributed by atoms with Gasteiger partial charge in [0.25, 0.3) is 0 Å². The number of nitrogens with one attached hydrogen (secondary N) is 3. The van der Waals surface area contributed by atoms with Crippen LogP contribution in [0.3, 0.4) is 0 Å². The van der Waals surface area contributed by atoms with Crippen molar-refractivity contribution >= 4 is 26.8 Å². The summed E-state index contributed by atoms with van der Waals surface area (Å²) in [5.41, 5.74) is -0.658. The number of aliphatic imine (C=N–C) groups is 1. The summed E-state index contributed by atoms with van der Waals surface area (Å²) in [5, 5.41) is 8.78. The van der Waals surface area contributed by atoms with Crippen LogP contribution in [0.1, 0.15) is 27.2 Å². The molecule has 0 radical (unpaired) electrons. The van der Waals surface area contributed by atoms with E-state index in [1.807, 2.05) is 31.2 Å².